The van der Waals surface area contributed by atoms with E-state index in [0.717, 1.165) is 44.9 Å². The van der Waals surface area contributed by atoms with Gasteiger partial charge in [-0.3, -0.25) is 9.59 Å². The smallest absolute Gasteiger partial charge is 0.306 e. The molecule has 0 aromatic heterocycles. The van der Waals surface area contributed by atoms with Crippen LogP contribution in [0.3, 0.4) is 0 Å². The number of hydrogen-bond acceptors (Lipinski definition) is 3. The lowest BCUT2D eigenvalue weighted by molar-refractivity contribution is -0.153. The Morgan fingerprint density at radius 2 is 2.00 bits per heavy atom. The molecule has 0 amide bonds. The molecule has 0 spiro atoms. The second kappa shape index (κ2) is 8.00. The fraction of sp³-hybridized carbons (Fsp3) is 0.680. The van der Waals surface area contributed by atoms with Gasteiger partial charge in [-0.2, -0.15) is 0 Å². The summed E-state index contributed by atoms with van der Waals surface area (Å²) in [7, 11) is 0. The number of allylic oxidation sites excluding steroid dienone is 5. The Balaban J connectivity index is 1.49. The molecule has 0 bridgehead atoms. The minimum atomic E-state index is -0.0422. The van der Waals surface area contributed by atoms with Crippen molar-refractivity contribution in [3.63, 3.8) is 0 Å². The van der Waals surface area contributed by atoms with Gasteiger partial charge in [-0.25, -0.2) is 0 Å². The number of esters is 1. The van der Waals surface area contributed by atoms with E-state index >= 15 is 0 Å². The third-order valence-electron chi connectivity index (χ3n) is 7.67. The van der Waals surface area contributed by atoms with Crippen LogP contribution in [0.5, 0.6) is 0 Å². The molecule has 4 aliphatic rings. The molecular weight excluding hydrogens is 348 g/mol. The van der Waals surface area contributed by atoms with Crippen LogP contribution < -0.4 is 0 Å². The van der Waals surface area contributed by atoms with Crippen molar-refractivity contribution in [1.29, 1.82) is 0 Å². The van der Waals surface area contributed by atoms with Gasteiger partial charge in [0.2, 0.25) is 0 Å². The summed E-state index contributed by atoms with van der Waals surface area (Å²) in [5, 5.41) is 0. The first-order valence-electron chi connectivity index (χ1n) is 11.4. The zero-order valence-electron chi connectivity index (χ0n) is 17.5. The van der Waals surface area contributed by atoms with Gasteiger partial charge in [-0.05, 0) is 73.2 Å². The fourth-order valence-corrected chi connectivity index (χ4v) is 6.07. The second-order valence-electron chi connectivity index (χ2n) is 9.39. The van der Waals surface area contributed by atoms with Gasteiger partial charge in [0.25, 0.3) is 0 Å². The quantitative estimate of drug-likeness (QED) is 0.427. The SMILES string of the molecule is CCCCCCC(=O)O[C@@H]1CC[C@H]2[C@H]3CCC4=CC(=O)CCC4=C3C=C[C@@]12C. The molecule has 1 saturated carbocycles. The second-order valence-corrected chi connectivity index (χ2v) is 9.39. The summed E-state index contributed by atoms with van der Waals surface area (Å²) in [5.41, 5.74) is 4.15. The average Bonchev–Trinajstić information content (AvgIpc) is 3.01. The highest BCUT2D eigenvalue weighted by molar-refractivity contribution is 5.93. The van der Waals surface area contributed by atoms with E-state index in [0.29, 0.717) is 24.7 Å². The largest absolute Gasteiger partial charge is 0.461 e. The number of hydrogen-bond donors (Lipinski definition) is 0. The van der Waals surface area contributed by atoms with Gasteiger partial charge in [0, 0.05) is 18.3 Å². The molecule has 0 unspecified atom stereocenters. The van der Waals surface area contributed by atoms with Crippen LogP contribution in [0.4, 0.5) is 0 Å². The van der Waals surface area contributed by atoms with E-state index in [-0.39, 0.29) is 23.3 Å². The average molecular weight is 383 g/mol. The highest BCUT2D eigenvalue weighted by Crippen LogP contribution is 2.57. The predicted molar refractivity (Wildman–Crippen MR) is 111 cm³/mol. The minimum absolute atomic E-state index is 0.0137. The highest BCUT2D eigenvalue weighted by Gasteiger charge is 2.53. The maximum Gasteiger partial charge on any atom is 0.306 e. The monoisotopic (exact) mass is 382 g/mol. The zero-order chi connectivity index (χ0) is 19.7. The van der Waals surface area contributed by atoms with Gasteiger partial charge in [0.1, 0.15) is 6.10 Å². The standard InChI is InChI=1S/C25H34O3/c1-3-4-5-6-7-24(27)28-23-13-12-22-21-10-8-17-16-18(26)9-11-19(17)20(21)14-15-25(22,23)2/h14-16,21-23H,3-13H2,1-2H3/t21-,22-,23+,25+/m0/s1. The van der Waals surface area contributed by atoms with Gasteiger partial charge in [0.05, 0.1) is 0 Å². The predicted octanol–water partition coefficient (Wildman–Crippen LogP) is 5.85. The molecule has 1 fully saturated rings. The van der Waals surface area contributed by atoms with E-state index in [1.807, 2.05) is 6.08 Å². The molecule has 4 rings (SSSR count). The van der Waals surface area contributed by atoms with E-state index < -0.39 is 0 Å². The third-order valence-corrected chi connectivity index (χ3v) is 7.67. The van der Waals surface area contributed by atoms with Gasteiger partial charge in [0.15, 0.2) is 5.78 Å². The summed E-state index contributed by atoms with van der Waals surface area (Å²) < 4.78 is 6.00. The molecule has 0 aromatic carbocycles. The topological polar surface area (TPSA) is 43.4 Å². The van der Waals surface area contributed by atoms with Crippen molar-refractivity contribution in [2.75, 3.05) is 0 Å². The number of unbranched alkanes of at least 4 members (excludes halogenated alkanes) is 3. The lowest BCUT2D eigenvalue weighted by atomic mass is 9.60. The Bertz CT molecular complexity index is 741. The normalized spacial score (nSPS) is 33.9. The van der Waals surface area contributed by atoms with Crippen LogP contribution in [-0.2, 0) is 14.3 Å². The molecule has 4 atom stereocenters. The first-order chi connectivity index (χ1) is 13.5. The molecule has 28 heavy (non-hydrogen) atoms. The van der Waals surface area contributed by atoms with Crippen molar-refractivity contribution in [2.45, 2.75) is 90.6 Å². The number of ketones is 1. The maximum atomic E-state index is 12.4. The van der Waals surface area contributed by atoms with Crippen molar-refractivity contribution in [3.8, 4) is 0 Å². The van der Waals surface area contributed by atoms with Crippen molar-refractivity contribution in [1.82, 2.24) is 0 Å². The van der Waals surface area contributed by atoms with Gasteiger partial charge in [-0.1, -0.05) is 45.3 Å². The van der Waals surface area contributed by atoms with E-state index in [4.69, 9.17) is 4.74 Å². The number of carbonyl (C=O) groups excluding carboxylic acids is 2. The molecule has 0 heterocycles. The van der Waals surface area contributed by atoms with Crippen molar-refractivity contribution < 1.29 is 14.3 Å². The third kappa shape index (κ3) is 3.53. The van der Waals surface area contributed by atoms with Gasteiger partial charge >= 0.3 is 5.97 Å². The van der Waals surface area contributed by atoms with Crippen molar-refractivity contribution >= 4 is 11.8 Å². The molecule has 0 N–H and O–H groups in total. The number of ether oxygens (including phenoxy) is 1. The molecule has 0 saturated heterocycles. The fourth-order valence-electron chi connectivity index (χ4n) is 6.07. The molecular formula is C25H34O3. The van der Waals surface area contributed by atoms with Crippen LogP contribution >= 0.6 is 0 Å². The number of rotatable bonds is 6. The number of carbonyl (C=O) groups is 2. The van der Waals surface area contributed by atoms with Crippen molar-refractivity contribution in [3.05, 3.63) is 34.9 Å². The summed E-state index contributed by atoms with van der Waals surface area (Å²) in [4.78, 5) is 24.2. The summed E-state index contributed by atoms with van der Waals surface area (Å²) in [6, 6.07) is 0. The lowest BCUT2D eigenvalue weighted by Crippen LogP contribution is -2.40. The minimum Gasteiger partial charge on any atom is -0.461 e. The Morgan fingerprint density at radius 1 is 1.14 bits per heavy atom. The molecule has 3 nitrogen and oxygen atoms in total. The van der Waals surface area contributed by atoms with E-state index in [9.17, 15) is 9.59 Å². The Morgan fingerprint density at radius 3 is 2.82 bits per heavy atom. The zero-order valence-corrected chi connectivity index (χ0v) is 17.5. The van der Waals surface area contributed by atoms with Gasteiger partial charge < -0.3 is 4.74 Å². The van der Waals surface area contributed by atoms with Crippen LogP contribution in [0, 0.1) is 17.3 Å². The van der Waals surface area contributed by atoms with E-state index in [1.54, 1.807) is 0 Å². The van der Waals surface area contributed by atoms with Crippen molar-refractivity contribution in [2.24, 2.45) is 17.3 Å². The Kier molecular flexibility index (Phi) is 5.62. The first kappa shape index (κ1) is 19.7. The summed E-state index contributed by atoms with van der Waals surface area (Å²) in [6.45, 7) is 4.49. The number of fused-ring (bicyclic) bond motifs is 4. The van der Waals surface area contributed by atoms with Gasteiger partial charge in [-0.15, -0.1) is 0 Å². The van der Waals surface area contributed by atoms with Crippen LogP contribution in [0.1, 0.15) is 84.5 Å². The van der Waals surface area contributed by atoms with Crippen LogP contribution in [-0.4, -0.2) is 17.9 Å². The Labute approximate surface area is 169 Å². The van der Waals surface area contributed by atoms with E-state index in [2.05, 4.69) is 26.0 Å². The molecule has 0 radical (unpaired) electrons. The maximum absolute atomic E-state index is 12.4. The van der Waals surface area contributed by atoms with Crippen LogP contribution in [0.25, 0.3) is 0 Å². The molecule has 0 aliphatic heterocycles. The van der Waals surface area contributed by atoms with Crippen LogP contribution in [0.2, 0.25) is 0 Å². The molecule has 0 aromatic rings. The Hall–Kier alpha value is -1.64. The summed E-state index contributed by atoms with van der Waals surface area (Å²) in [5.74, 6) is 1.38. The molecule has 152 valence electrons. The first-order valence-corrected chi connectivity index (χ1v) is 11.4. The van der Waals surface area contributed by atoms with E-state index in [1.165, 1.54) is 29.6 Å². The lowest BCUT2D eigenvalue weighted by Gasteiger charge is -2.45. The van der Waals surface area contributed by atoms with Crippen LogP contribution in [0.15, 0.2) is 34.9 Å². The molecule has 4 aliphatic carbocycles. The highest BCUT2D eigenvalue weighted by atomic mass is 16.5. The summed E-state index contributed by atoms with van der Waals surface area (Å²) in [6.07, 6.45) is 17.4. The molecule has 3 heteroatoms. The summed E-state index contributed by atoms with van der Waals surface area (Å²) >= 11 is 0.